The van der Waals surface area contributed by atoms with Gasteiger partial charge in [0.05, 0.1) is 11.2 Å². The van der Waals surface area contributed by atoms with E-state index < -0.39 is 0 Å². The van der Waals surface area contributed by atoms with Gasteiger partial charge in [0.2, 0.25) is 0 Å². The second kappa shape index (κ2) is 2.45. The molecule has 0 spiro atoms. The van der Waals surface area contributed by atoms with Crippen molar-refractivity contribution in [2.75, 3.05) is 0 Å². The van der Waals surface area contributed by atoms with E-state index in [4.69, 9.17) is 5.73 Å². The maximum atomic E-state index is 5.63. The Hall–Kier alpha value is -0.410. The molecule has 1 rings (SSSR count). The van der Waals surface area contributed by atoms with Gasteiger partial charge in [0.25, 0.3) is 0 Å². The summed E-state index contributed by atoms with van der Waals surface area (Å²) in [6.45, 7) is 3.95. The summed E-state index contributed by atoms with van der Waals surface area (Å²) in [7, 11) is 0. The number of hydrogen-bond acceptors (Lipinski definition) is 3. The number of aromatic nitrogens is 1. The second-order valence-corrected chi connectivity index (χ2v) is 2.98. The summed E-state index contributed by atoms with van der Waals surface area (Å²) >= 11 is 1.62. The van der Waals surface area contributed by atoms with Gasteiger partial charge in [0.15, 0.2) is 0 Å². The summed E-state index contributed by atoms with van der Waals surface area (Å²) < 4.78 is 0. The third-order valence-corrected chi connectivity index (χ3v) is 2.33. The molecule has 0 amide bonds. The maximum Gasteiger partial charge on any atom is 0.0798 e. The molecule has 9 heavy (non-hydrogen) atoms. The first kappa shape index (κ1) is 6.71. The summed E-state index contributed by atoms with van der Waals surface area (Å²) in [5, 5.41) is 0. The van der Waals surface area contributed by atoms with E-state index in [0.717, 1.165) is 5.69 Å². The van der Waals surface area contributed by atoms with Crippen LogP contribution in [-0.4, -0.2) is 4.98 Å². The average Bonchev–Trinajstić information content (AvgIpc) is 2.13. The fourth-order valence-electron chi connectivity index (χ4n) is 0.748. The Morgan fingerprint density at radius 1 is 1.78 bits per heavy atom. The van der Waals surface area contributed by atoms with Gasteiger partial charge in [-0.1, -0.05) is 0 Å². The predicted octanol–water partition coefficient (Wildman–Crippen LogP) is 1.47. The Labute approximate surface area is 58.7 Å². The Balaban J connectivity index is 2.94. The van der Waals surface area contributed by atoms with Crippen LogP contribution in [0.1, 0.15) is 23.5 Å². The molecule has 1 aromatic heterocycles. The third kappa shape index (κ3) is 1.28. The number of aryl methyl sites for hydroxylation is 1. The molecular weight excluding hydrogens is 132 g/mol. The lowest BCUT2D eigenvalue weighted by atomic mass is 10.2. The highest BCUT2D eigenvalue weighted by Gasteiger charge is 2.04. The van der Waals surface area contributed by atoms with Crippen LogP contribution in [0.15, 0.2) is 5.51 Å². The molecule has 2 N–H and O–H groups in total. The summed E-state index contributed by atoms with van der Waals surface area (Å²) in [5.41, 5.74) is 8.52. The Morgan fingerprint density at radius 2 is 2.44 bits per heavy atom. The van der Waals surface area contributed by atoms with Crippen LogP contribution in [0.3, 0.4) is 0 Å². The molecular formula is C6H10N2S. The van der Waals surface area contributed by atoms with Crippen LogP contribution >= 0.6 is 11.3 Å². The molecule has 2 nitrogen and oxygen atoms in total. The molecule has 0 bridgehead atoms. The van der Waals surface area contributed by atoms with E-state index in [0.29, 0.717) is 0 Å². The SMILES string of the molecule is Cc1ncsc1[C@@H](C)N. The van der Waals surface area contributed by atoms with Gasteiger partial charge >= 0.3 is 0 Å². The van der Waals surface area contributed by atoms with Crippen molar-refractivity contribution in [1.82, 2.24) is 4.98 Å². The van der Waals surface area contributed by atoms with Gasteiger partial charge in [0, 0.05) is 10.9 Å². The first-order valence-corrected chi connectivity index (χ1v) is 3.75. The molecule has 3 heteroatoms. The summed E-state index contributed by atoms with van der Waals surface area (Å²) in [5.74, 6) is 0. The monoisotopic (exact) mass is 142 g/mol. The zero-order valence-corrected chi connectivity index (χ0v) is 6.40. The van der Waals surface area contributed by atoms with Gasteiger partial charge in [0.1, 0.15) is 0 Å². The van der Waals surface area contributed by atoms with Gasteiger partial charge < -0.3 is 5.73 Å². The van der Waals surface area contributed by atoms with Crippen molar-refractivity contribution >= 4 is 11.3 Å². The highest BCUT2D eigenvalue weighted by atomic mass is 32.1. The van der Waals surface area contributed by atoms with Crippen molar-refractivity contribution in [3.63, 3.8) is 0 Å². The molecule has 0 aliphatic heterocycles. The molecule has 1 aromatic rings. The van der Waals surface area contributed by atoms with Crippen molar-refractivity contribution in [1.29, 1.82) is 0 Å². The van der Waals surface area contributed by atoms with Crippen molar-refractivity contribution < 1.29 is 0 Å². The van der Waals surface area contributed by atoms with Crippen molar-refractivity contribution in [2.24, 2.45) is 5.73 Å². The molecule has 0 unspecified atom stereocenters. The zero-order chi connectivity index (χ0) is 6.85. The lowest BCUT2D eigenvalue weighted by molar-refractivity contribution is 0.825. The van der Waals surface area contributed by atoms with Crippen LogP contribution in [0, 0.1) is 6.92 Å². The van der Waals surface area contributed by atoms with E-state index >= 15 is 0 Å². The van der Waals surface area contributed by atoms with Crippen LogP contribution < -0.4 is 5.73 Å². The molecule has 0 aliphatic rings. The predicted molar refractivity (Wildman–Crippen MR) is 39.5 cm³/mol. The summed E-state index contributed by atoms with van der Waals surface area (Å²) in [6.07, 6.45) is 0. The second-order valence-electron chi connectivity index (χ2n) is 2.09. The van der Waals surface area contributed by atoms with E-state index in [-0.39, 0.29) is 6.04 Å². The number of hydrogen-bond donors (Lipinski definition) is 1. The first-order valence-electron chi connectivity index (χ1n) is 2.87. The molecule has 0 radical (unpaired) electrons. The lowest BCUT2D eigenvalue weighted by Gasteiger charge is -1.99. The van der Waals surface area contributed by atoms with Gasteiger partial charge in [-0.2, -0.15) is 0 Å². The standard InChI is InChI=1S/C6H10N2S/c1-4(7)6-5(2)8-3-9-6/h3-4H,7H2,1-2H3/t4-/m1/s1. The largest absolute Gasteiger partial charge is 0.323 e. The normalized spacial score (nSPS) is 13.7. The van der Waals surface area contributed by atoms with Crippen molar-refractivity contribution in [3.8, 4) is 0 Å². The van der Waals surface area contributed by atoms with Gasteiger partial charge in [-0.15, -0.1) is 11.3 Å². The number of nitrogens with two attached hydrogens (primary N) is 1. The third-order valence-electron chi connectivity index (χ3n) is 1.20. The summed E-state index contributed by atoms with van der Waals surface area (Å²) in [4.78, 5) is 5.27. The van der Waals surface area contributed by atoms with Crippen LogP contribution in [0.2, 0.25) is 0 Å². The number of thiazole rings is 1. The molecule has 50 valence electrons. The topological polar surface area (TPSA) is 38.9 Å². The van der Waals surface area contributed by atoms with E-state index in [2.05, 4.69) is 4.98 Å². The van der Waals surface area contributed by atoms with E-state index in [1.807, 2.05) is 19.4 Å². The minimum absolute atomic E-state index is 0.137. The highest BCUT2D eigenvalue weighted by Crippen LogP contribution is 2.18. The van der Waals surface area contributed by atoms with Crippen molar-refractivity contribution in [2.45, 2.75) is 19.9 Å². The maximum absolute atomic E-state index is 5.63. The molecule has 1 atom stereocenters. The van der Waals surface area contributed by atoms with E-state index in [9.17, 15) is 0 Å². The molecule has 0 saturated heterocycles. The number of rotatable bonds is 1. The lowest BCUT2D eigenvalue weighted by Crippen LogP contribution is -2.03. The van der Waals surface area contributed by atoms with Gasteiger partial charge in [-0.05, 0) is 13.8 Å². The molecule has 0 fully saturated rings. The Kier molecular flexibility index (Phi) is 1.83. The van der Waals surface area contributed by atoms with Crippen molar-refractivity contribution in [3.05, 3.63) is 16.1 Å². The summed E-state index contributed by atoms with van der Waals surface area (Å²) in [6, 6.07) is 0.137. The zero-order valence-electron chi connectivity index (χ0n) is 5.59. The molecule has 0 aliphatic carbocycles. The fourth-order valence-corrected chi connectivity index (χ4v) is 1.51. The van der Waals surface area contributed by atoms with E-state index in [1.165, 1.54) is 4.88 Å². The molecule has 0 aromatic carbocycles. The van der Waals surface area contributed by atoms with Gasteiger partial charge in [-0.3, -0.25) is 0 Å². The van der Waals surface area contributed by atoms with Crippen LogP contribution in [0.5, 0.6) is 0 Å². The van der Waals surface area contributed by atoms with Crippen LogP contribution in [0.25, 0.3) is 0 Å². The molecule has 0 saturated carbocycles. The Morgan fingerprint density at radius 3 is 2.67 bits per heavy atom. The fraction of sp³-hybridized carbons (Fsp3) is 0.500. The molecule has 1 heterocycles. The van der Waals surface area contributed by atoms with E-state index in [1.54, 1.807) is 11.3 Å². The minimum Gasteiger partial charge on any atom is -0.323 e. The smallest absolute Gasteiger partial charge is 0.0798 e. The van der Waals surface area contributed by atoms with Gasteiger partial charge in [-0.25, -0.2) is 4.98 Å². The number of nitrogens with zero attached hydrogens (tertiary/aromatic N) is 1. The highest BCUT2D eigenvalue weighted by molar-refractivity contribution is 7.09. The van der Waals surface area contributed by atoms with Crippen LogP contribution in [0.4, 0.5) is 0 Å². The minimum atomic E-state index is 0.137. The first-order chi connectivity index (χ1) is 4.22. The van der Waals surface area contributed by atoms with Crippen LogP contribution in [-0.2, 0) is 0 Å². The average molecular weight is 142 g/mol. The quantitative estimate of drug-likeness (QED) is 0.645. The Bertz CT molecular complexity index is 193.